The lowest BCUT2D eigenvalue weighted by Gasteiger charge is -2.07. The van der Waals surface area contributed by atoms with E-state index >= 15 is 0 Å². The fourth-order valence-corrected chi connectivity index (χ4v) is 1.38. The SMILES string of the molecule is COc1ccccc1C/C(C)=C\CO. The van der Waals surface area contributed by atoms with Crippen LogP contribution in [0.25, 0.3) is 0 Å². The third kappa shape index (κ3) is 2.89. The van der Waals surface area contributed by atoms with Gasteiger partial charge in [-0.15, -0.1) is 0 Å². The average Bonchev–Trinajstić information content (AvgIpc) is 2.19. The molecule has 0 aromatic heterocycles. The molecular formula is C12H16O2. The summed E-state index contributed by atoms with van der Waals surface area (Å²) >= 11 is 0. The van der Waals surface area contributed by atoms with E-state index in [1.54, 1.807) is 7.11 Å². The van der Waals surface area contributed by atoms with Crippen LogP contribution in [0.4, 0.5) is 0 Å². The van der Waals surface area contributed by atoms with E-state index in [1.165, 1.54) is 0 Å². The van der Waals surface area contributed by atoms with Gasteiger partial charge in [-0.3, -0.25) is 0 Å². The third-order valence-electron chi connectivity index (χ3n) is 2.10. The molecule has 0 saturated carbocycles. The first kappa shape index (κ1) is 10.8. The molecule has 0 aliphatic heterocycles. The van der Waals surface area contributed by atoms with Crippen molar-refractivity contribution in [3.8, 4) is 5.75 Å². The van der Waals surface area contributed by atoms with Crippen LogP contribution >= 0.6 is 0 Å². The van der Waals surface area contributed by atoms with E-state index in [0.29, 0.717) is 0 Å². The Morgan fingerprint density at radius 3 is 2.79 bits per heavy atom. The molecule has 0 unspecified atom stereocenters. The number of benzene rings is 1. The van der Waals surface area contributed by atoms with Crippen molar-refractivity contribution in [2.24, 2.45) is 0 Å². The highest BCUT2D eigenvalue weighted by Gasteiger charge is 2.01. The van der Waals surface area contributed by atoms with Crippen LogP contribution in [0.1, 0.15) is 12.5 Å². The van der Waals surface area contributed by atoms with Crippen LogP contribution in [0, 0.1) is 0 Å². The van der Waals surface area contributed by atoms with Crippen molar-refractivity contribution in [2.75, 3.05) is 13.7 Å². The summed E-state index contributed by atoms with van der Waals surface area (Å²) in [5.74, 6) is 0.901. The van der Waals surface area contributed by atoms with Gasteiger partial charge in [0, 0.05) is 0 Å². The number of hydrogen-bond acceptors (Lipinski definition) is 2. The molecule has 1 rings (SSSR count). The van der Waals surface area contributed by atoms with Gasteiger partial charge >= 0.3 is 0 Å². The molecule has 0 aliphatic carbocycles. The van der Waals surface area contributed by atoms with Gasteiger partial charge in [-0.05, 0) is 25.0 Å². The highest BCUT2D eigenvalue weighted by molar-refractivity contribution is 5.35. The highest BCUT2D eigenvalue weighted by atomic mass is 16.5. The lowest BCUT2D eigenvalue weighted by Crippen LogP contribution is -1.93. The van der Waals surface area contributed by atoms with Crippen LogP contribution in [-0.4, -0.2) is 18.8 Å². The molecule has 0 spiro atoms. The van der Waals surface area contributed by atoms with Crippen molar-refractivity contribution in [1.29, 1.82) is 0 Å². The van der Waals surface area contributed by atoms with Gasteiger partial charge in [0.2, 0.25) is 0 Å². The van der Waals surface area contributed by atoms with Gasteiger partial charge in [-0.1, -0.05) is 29.8 Å². The maximum Gasteiger partial charge on any atom is 0.122 e. The summed E-state index contributed by atoms with van der Waals surface area (Å²) in [5, 5.41) is 8.73. The van der Waals surface area contributed by atoms with Gasteiger partial charge in [0.15, 0.2) is 0 Å². The quantitative estimate of drug-likeness (QED) is 0.741. The molecule has 0 heterocycles. The Morgan fingerprint density at radius 2 is 2.14 bits per heavy atom. The van der Waals surface area contributed by atoms with Crippen molar-refractivity contribution in [1.82, 2.24) is 0 Å². The van der Waals surface area contributed by atoms with E-state index in [4.69, 9.17) is 9.84 Å². The number of allylic oxidation sites excluding steroid dienone is 1. The van der Waals surface area contributed by atoms with Crippen LogP contribution in [0.15, 0.2) is 35.9 Å². The van der Waals surface area contributed by atoms with Crippen LogP contribution in [-0.2, 0) is 6.42 Å². The number of para-hydroxylation sites is 1. The van der Waals surface area contributed by atoms with Crippen LogP contribution < -0.4 is 4.74 Å². The first-order chi connectivity index (χ1) is 6.77. The normalized spacial score (nSPS) is 11.5. The van der Waals surface area contributed by atoms with Gasteiger partial charge in [0.05, 0.1) is 13.7 Å². The Labute approximate surface area is 84.8 Å². The molecule has 0 saturated heterocycles. The molecular weight excluding hydrogens is 176 g/mol. The Morgan fingerprint density at radius 1 is 1.43 bits per heavy atom. The Balaban J connectivity index is 2.80. The predicted octanol–water partition coefficient (Wildman–Crippen LogP) is 2.18. The number of aliphatic hydroxyl groups excluding tert-OH is 1. The summed E-state index contributed by atoms with van der Waals surface area (Å²) in [4.78, 5) is 0. The summed E-state index contributed by atoms with van der Waals surface area (Å²) in [6.45, 7) is 2.10. The zero-order valence-electron chi connectivity index (χ0n) is 8.66. The number of hydrogen-bond donors (Lipinski definition) is 1. The summed E-state index contributed by atoms with van der Waals surface area (Å²) in [6, 6.07) is 7.92. The number of rotatable bonds is 4. The minimum Gasteiger partial charge on any atom is -0.496 e. The molecule has 1 aromatic carbocycles. The van der Waals surface area contributed by atoms with Gasteiger partial charge in [-0.2, -0.15) is 0 Å². The van der Waals surface area contributed by atoms with Crippen molar-refractivity contribution in [3.63, 3.8) is 0 Å². The molecule has 0 atom stereocenters. The maximum absolute atomic E-state index is 8.73. The molecule has 2 heteroatoms. The molecule has 0 radical (unpaired) electrons. The van der Waals surface area contributed by atoms with Gasteiger partial charge in [0.25, 0.3) is 0 Å². The first-order valence-electron chi connectivity index (χ1n) is 4.66. The van der Waals surface area contributed by atoms with Crippen molar-refractivity contribution in [2.45, 2.75) is 13.3 Å². The van der Waals surface area contributed by atoms with Crippen LogP contribution in [0.3, 0.4) is 0 Å². The third-order valence-corrected chi connectivity index (χ3v) is 2.10. The second-order valence-electron chi connectivity index (χ2n) is 3.22. The fraction of sp³-hybridized carbons (Fsp3) is 0.333. The van der Waals surface area contributed by atoms with E-state index < -0.39 is 0 Å². The van der Waals surface area contributed by atoms with Crippen molar-refractivity contribution in [3.05, 3.63) is 41.5 Å². The second-order valence-corrected chi connectivity index (χ2v) is 3.22. The lowest BCUT2D eigenvalue weighted by atomic mass is 10.1. The van der Waals surface area contributed by atoms with Crippen LogP contribution in [0.5, 0.6) is 5.75 Å². The zero-order chi connectivity index (χ0) is 10.4. The summed E-state index contributed by atoms with van der Waals surface area (Å²) in [6.07, 6.45) is 2.64. The molecule has 1 aromatic rings. The second kappa shape index (κ2) is 5.45. The topological polar surface area (TPSA) is 29.5 Å². The Hall–Kier alpha value is -1.28. The molecule has 0 fully saturated rings. The summed E-state index contributed by atoms with van der Waals surface area (Å²) in [5.41, 5.74) is 2.30. The minimum atomic E-state index is 0.0982. The Bertz CT molecular complexity index is 316. The standard InChI is InChI=1S/C12H16O2/c1-10(7-8-13)9-11-5-3-4-6-12(11)14-2/h3-7,13H,8-9H2,1-2H3/b10-7-. The lowest BCUT2D eigenvalue weighted by molar-refractivity contribution is 0.341. The van der Waals surface area contributed by atoms with Gasteiger partial charge in [0.1, 0.15) is 5.75 Å². The van der Waals surface area contributed by atoms with E-state index in [9.17, 15) is 0 Å². The summed E-state index contributed by atoms with van der Waals surface area (Å²) < 4.78 is 5.23. The number of ether oxygens (including phenoxy) is 1. The number of aliphatic hydroxyl groups is 1. The largest absolute Gasteiger partial charge is 0.496 e. The van der Waals surface area contributed by atoms with Gasteiger partial charge in [-0.25, -0.2) is 0 Å². The van der Waals surface area contributed by atoms with Crippen molar-refractivity contribution < 1.29 is 9.84 Å². The summed E-state index contributed by atoms with van der Waals surface area (Å²) in [7, 11) is 1.67. The predicted molar refractivity (Wildman–Crippen MR) is 57.5 cm³/mol. The fourth-order valence-electron chi connectivity index (χ4n) is 1.38. The van der Waals surface area contributed by atoms with E-state index in [0.717, 1.165) is 23.3 Å². The molecule has 0 aliphatic rings. The smallest absolute Gasteiger partial charge is 0.122 e. The minimum absolute atomic E-state index is 0.0982. The zero-order valence-corrected chi connectivity index (χ0v) is 8.66. The van der Waals surface area contributed by atoms with Gasteiger partial charge < -0.3 is 9.84 Å². The maximum atomic E-state index is 8.73. The molecule has 0 bridgehead atoms. The molecule has 76 valence electrons. The average molecular weight is 192 g/mol. The van der Waals surface area contributed by atoms with Crippen molar-refractivity contribution >= 4 is 0 Å². The van der Waals surface area contributed by atoms with E-state index in [-0.39, 0.29) is 6.61 Å². The molecule has 14 heavy (non-hydrogen) atoms. The van der Waals surface area contributed by atoms with E-state index in [2.05, 4.69) is 0 Å². The van der Waals surface area contributed by atoms with E-state index in [1.807, 2.05) is 37.3 Å². The highest BCUT2D eigenvalue weighted by Crippen LogP contribution is 2.20. The monoisotopic (exact) mass is 192 g/mol. The molecule has 1 N–H and O–H groups in total. The van der Waals surface area contributed by atoms with Crippen LogP contribution in [0.2, 0.25) is 0 Å². The number of methoxy groups -OCH3 is 1. The first-order valence-corrected chi connectivity index (χ1v) is 4.66. The molecule has 2 nitrogen and oxygen atoms in total. The molecule has 0 amide bonds. The Kier molecular flexibility index (Phi) is 4.20.